The predicted octanol–water partition coefficient (Wildman–Crippen LogP) is 4.37. The van der Waals surface area contributed by atoms with Crippen LogP contribution >= 0.6 is 0 Å². The number of likely N-dealkylation sites (N-methyl/N-ethyl adjacent to an activating group) is 2. The largest absolute Gasteiger partial charge is 0.497 e. The molecule has 9 heteroatoms. The van der Waals surface area contributed by atoms with Crippen LogP contribution in [0, 0.1) is 13.8 Å². The summed E-state index contributed by atoms with van der Waals surface area (Å²) in [6.07, 6.45) is 3.82. The molecule has 8 nitrogen and oxygen atoms in total. The van der Waals surface area contributed by atoms with E-state index in [4.69, 9.17) is 9.47 Å². The number of aryl methyl sites for hydroxylation is 2. The van der Waals surface area contributed by atoms with Gasteiger partial charge in [-0.3, -0.25) is 9.69 Å². The molecule has 0 N–H and O–H groups in total. The second-order valence-corrected chi connectivity index (χ2v) is 12.8. The molecule has 1 saturated heterocycles. The standard InChI is InChI=1S/C30H45N3O5S/c1-22-17-28(37-7)18-23(2)30(22)39(35,36)32(6)15-16-38-21-29(34)31(5)19-26-11-13-27(14-12-26)20-33-24(3)9-8-10-25(33)4/h11-14,17-18,24-25H,8-10,15-16,19-21H2,1-7H3/t24-,25?/m0/s1. The zero-order valence-electron chi connectivity index (χ0n) is 24.6. The Bertz CT molecular complexity index is 1180. The predicted molar refractivity (Wildman–Crippen MR) is 154 cm³/mol. The molecule has 1 heterocycles. The van der Waals surface area contributed by atoms with Crippen molar-refractivity contribution in [1.29, 1.82) is 0 Å². The molecule has 0 aliphatic carbocycles. The lowest BCUT2D eigenvalue weighted by atomic mass is 9.96. The van der Waals surface area contributed by atoms with Gasteiger partial charge in [0.25, 0.3) is 0 Å². The molecule has 2 aromatic rings. The minimum atomic E-state index is -3.70. The third-order valence-corrected chi connectivity index (χ3v) is 9.89. The van der Waals surface area contributed by atoms with Gasteiger partial charge in [-0.15, -0.1) is 0 Å². The Hall–Kier alpha value is -2.46. The van der Waals surface area contributed by atoms with Gasteiger partial charge in [0.15, 0.2) is 0 Å². The highest BCUT2D eigenvalue weighted by molar-refractivity contribution is 7.89. The summed E-state index contributed by atoms with van der Waals surface area (Å²) >= 11 is 0. The maximum Gasteiger partial charge on any atom is 0.248 e. The first-order valence-corrected chi connectivity index (χ1v) is 15.1. The highest BCUT2D eigenvalue weighted by atomic mass is 32.2. The number of hydrogen-bond acceptors (Lipinski definition) is 6. The first kappa shape index (κ1) is 31.1. The lowest BCUT2D eigenvalue weighted by Crippen LogP contribution is -2.42. The van der Waals surface area contributed by atoms with Gasteiger partial charge in [-0.2, -0.15) is 4.31 Å². The minimum absolute atomic E-state index is 0.103. The summed E-state index contributed by atoms with van der Waals surface area (Å²) in [6.45, 7) is 9.73. The number of methoxy groups -OCH3 is 1. The van der Waals surface area contributed by atoms with E-state index in [1.165, 1.54) is 36.2 Å². The Morgan fingerprint density at radius 1 is 1.00 bits per heavy atom. The number of sulfonamides is 1. The fourth-order valence-electron chi connectivity index (χ4n) is 5.28. The highest BCUT2D eigenvalue weighted by Crippen LogP contribution is 2.28. The van der Waals surface area contributed by atoms with Crippen molar-refractivity contribution in [3.8, 4) is 5.75 Å². The zero-order chi connectivity index (χ0) is 28.7. The van der Waals surface area contributed by atoms with E-state index in [1.807, 2.05) is 0 Å². The van der Waals surface area contributed by atoms with Crippen molar-refractivity contribution in [3.63, 3.8) is 0 Å². The Morgan fingerprint density at radius 3 is 2.13 bits per heavy atom. The normalized spacial score (nSPS) is 18.4. The van der Waals surface area contributed by atoms with Crippen LogP contribution in [0.2, 0.25) is 0 Å². The van der Waals surface area contributed by atoms with E-state index in [1.54, 1.807) is 45.0 Å². The van der Waals surface area contributed by atoms with Gasteiger partial charge < -0.3 is 14.4 Å². The minimum Gasteiger partial charge on any atom is -0.497 e. The fraction of sp³-hybridized carbons (Fsp3) is 0.567. The monoisotopic (exact) mass is 559 g/mol. The number of piperidine rings is 1. The summed E-state index contributed by atoms with van der Waals surface area (Å²) in [7, 11) is 1.12. The molecule has 39 heavy (non-hydrogen) atoms. The van der Waals surface area contributed by atoms with Crippen LogP contribution < -0.4 is 4.74 Å². The average molecular weight is 560 g/mol. The van der Waals surface area contributed by atoms with Crippen LogP contribution in [0.15, 0.2) is 41.3 Å². The van der Waals surface area contributed by atoms with Crippen molar-refractivity contribution in [2.75, 3.05) is 41.0 Å². The molecule has 0 spiro atoms. The molecule has 0 bridgehead atoms. The van der Waals surface area contributed by atoms with Gasteiger partial charge in [0.1, 0.15) is 12.4 Å². The lowest BCUT2D eigenvalue weighted by Gasteiger charge is -2.39. The van der Waals surface area contributed by atoms with E-state index in [0.717, 1.165) is 12.1 Å². The van der Waals surface area contributed by atoms with Gasteiger partial charge in [-0.1, -0.05) is 30.7 Å². The molecule has 0 radical (unpaired) electrons. The number of nitrogens with zero attached hydrogens (tertiary/aromatic N) is 3. The summed E-state index contributed by atoms with van der Waals surface area (Å²) in [5.74, 6) is 0.470. The van der Waals surface area contributed by atoms with Gasteiger partial charge in [-0.05, 0) is 74.9 Å². The molecule has 1 aliphatic rings. The van der Waals surface area contributed by atoms with E-state index in [0.29, 0.717) is 35.5 Å². The molecular weight excluding hydrogens is 514 g/mol. The molecule has 0 saturated carbocycles. The number of rotatable bonds is 12. The fourth-order valence-corrected chi connectivity index (χ4v) is 6.84. The van der Waals surface area contributed by atoms with Gasteiger partial charge in [0, 0.05) is 45.8 Å². The van der Waals surface area contributed by atoms with E-state index in [9.17, 15) is 13.2 Å². The molecule has 0 aromatic heterocycles. The molecule has 1 fully saturated rings. The Morgan fingerprint density at radius 2 is 1.56 bits per heavy atom. The van der Waals surface area contributed by atoms with Crippen molar-refractivity contribution in [2.24, 2.45) is 0 Å². The van der Waals surface area contributed by atoms with E-state index >= 15 is 0 Å². The summed E-state index contributed by atoms with van der Waals surface area (Å²) in [4.78, 5) is 17.1. The van der Waals surface area contributed by atoms with Gasteiger partial charge in [0.2, 0.25) is 15.9 Å². The summed E-state index contributed by atoms with van der Waals surface area (Å²) in [5, 5.41) is 0. The van der Waals surface area contributed by atoms with Gasteiger partial charge in [-0.25, -0.2) is 8.42 Å². The van der Waals surface area contributed by atoms with Gasteiger partial charge in [0.05, 0.1) is 18.6 Å². The van der Waals surface area contributed by atoms with Crippen LogP contribution in [-0.4, -0.2) is 81.5 Å². The average Bonchev–Trinajstić information content (AvgIpc) is 2.88. The molecule has 3 rings (SSSR count). The van der Waals surface area contributed by atoms with Crippen molar-refractivity contribution >= 4 is 15.9 Å². The second-order valence-electron chi connectivity index (χ2n) is 10.8. The second kappa shape index (κ2) is 13.7. The number of ether oxygens (including phenoxy) is 2. The van der Waals surface area contributed by atoms with E-state index < -0.39 is 10.0 Å². The molecular formula is C30H45N3O5S. The molecule has 1 aliphatic heterocycles. The molecule has 1 amide bonds. The molecule has 216 valence electrons. The number of amides is 1. The summed E-state index contributed by atoms with van der Waals surface area (Å²) in [5.41, 5.74) is 3.60. The molecule has 1 unspecified atom stereocenters. The van der Waals surface area contributed by atoms with E-state index in [2.05, 4.69) is 43.0 Å². The lowest BCUT2D eigenvalue weighted by molar-refractivity contribution is -0.135. The van der Waals surface area contributed by atoms with Crippen LogP contribution in [0.3, 0.4) is 0 Å². The number of hydrogen-bond donors (Lipinski definition) is 0. The van der Waals surface area contributed by atoms with Crippen LogP contribution in [0.1, 0.15) is 55.4 Å². The van der Waals surface area contributed by atoms with Crippen LogP contribution in [0.4, 0.5) is 0 Å². The number of carbonyl (C=O) groups is 1. The smallest absolute Gasteiger partial charge is 0.248 e. The first-order chi connectivity index (χ1) is 18.4. The molecule has 2 atom stereocenters. The van der Waals surface area contributed by atoms with E-state index in [-0.39, 0.29) is 30.6 Å². The Balaban J connectivity index is 1.45. The summed E-state index contributed by atoms with van der Waals surface area (Å²) in [6, 6.07) is 13.1. The maximum absolute atomic E-state index is 13.1. The third-order valence-electron chi connectivity index (χ3n) is 7.72. The highest BCUT2D eigenvalue weighted by Gasteiger charge is 2.26. The van der Waals surface area contributed by atoms with Gasteiger partial charge >= 0.3 is 0 Å². The molecule has 2 aromatic carbocycles. The third kappa shape index (κ3) is 8.03. The first-order valence-electron chi connectivity index (χ1n) is 13.7. The number of likely N-dealkylation sites (tertiary alicyclic amines) is 1. The Kier molecular flexibility index (Phi) is 11.0. The van der Waals surface area contributed by atoms with Crippen LogP contribution in [0.25, 0.3) is 0 Å². The number of carbonyl (C=O) groups excluding carboxylic acids is 1. The van der Waals surface area contributed by atoms with Crippen molar-refractivity contribution in [2.45, 2.75) is 77.0 Å². The van der Waals surface area contributed by atoms with Crippen molar-refractivity contribution < 1.29 is 22.7 Å². The van der Waals surface area contributed by atoms with Crippen molar-refractivity contribution in [3.05, 3.63) is 58.7 Å². The van der Waals surface area contributed by atoms with Crippen LogP contribution in [-0.2, 0) is 32.6 Å². The quantitative estimate of drug-likeness (QED) is 0.360. The number of benzene rings is 2. The zero-order valence-corrected chi connectivity index (χ0v) is 25.4. The summed E-state index contributed by atoms with van der Waals surface area (Å²) < 4.78 is 38.3. The maximum atomic E-state index is 13.1. The van der Waals surface area contributed by atoms with Crippen LogP contribution in [0.5, 0.6) is 5.75 Å². The topological polar surface area (TPSA) is 79.4 Å². The SMILES string of the molecule is COc1cc(C)c(S(=O)(=O)N(C)CCOCC(=O)N(C)Cc2ccc(CN3C(C)CCC[C@@H]3C)cc2)c(C)c1. The Labute approximate surface area is 234 Å². The van der Waals surface area contributed by atoms with Crippen molar-refractivity contribution in [1.82, 2.24) is 14.1 Å².